The number of para-hydroxylation sites is 1. The highest BCUT2D eigenvalue weighted by atomic mass is 31.2. The van der Waals surface area contributed by atoms with Crippen LogP contribution < -0.4 is 21.0 Å². The van der Waals surface area contributed by atoms with Crippen LogP contribution in [0.3, 0.4) is 0 Å². The van der Waals surface area contributed by atoms with Crippen molar-refractivity contribution in [2.75, 3.05) is 5.73 Å². The molecule has 0 bridgehead atoms. The standard InChI is InChI=1S/C26H27F2N4O8P/c1-16(21(33)37-15-17-8-4-2-5-9-17)31-41(36,39-18-10-6-3-7-11-18)40-19-14-25(19)22(34)26(27,28)23(38-25)32-13-12-20(29)30-24(32)35/h2-13,16,19,22-23,34H,14-15H2,1H3,(H,31,36)(H2,29,30,35)/t16-,19?,22+,23+,25?,41+/m0/s1. The van der Waals surface area contributed by atoms with Crippen molar-refractivity contribution in [3.63, 3.8) is 0 Å². The average molecular weight is 592 g/mol. The van der Waals surface area contributed by atoms with Crippen LogP contribution in [0.5, 0.6) is 5.75 Å². The smallest absolute Gasteiger partial charge is 0.459 e. The van der Waals surface area contributed by atoms with Crippen molar-refractivity contribution in [3.05, 3.63) is 89.0 Å². The van der Waals surface area contributed by atoms with Crippen molar-refractivity contribution in [3.8, 4) is 5.75 Å². The number of anilines is 1. The summed E-state index contributed by atoms with van der Waals surface area (Å²) in [7, 11) is -4.48. The number of nitrogens with two attached hydrogens (primary N) is 1. The number of aromatic nitrogens is 2. The molecule has 1 saturated carbocycles. The Hall–Kier alpha value is -3.68. The van der Waals surface area contributed by atoms with Gasteiger partial charge in [-0.25, -0.2) is 9.36 Å². The van der Waals surface area contributed by atoms with Gasteiger partial charge in [0.1, 0.15) is 35.9 Å². The minimum Gasteiger partial charge on any atom is -0.460 e. The zero-order valence-electron chi connectivity index (χ0n) is 21.6. The number of carbonyl (C=O) groups is 1. The van der Waals surface area contributed by atoms with Gasteiger partial charge >= 0.3 is 25.3 Å². The van der Waals surface area contributed by atoms with E-state index >= 15 is 8.78 Å². The van der Waals surface area contributed by atoms with E-state index in [-0.39, 0.29) is 24.6 Å². The lowest BCUT2D eigenvalue weighted by Gasteiger charge is -2.24. The van der Waals surface area contributed by atoms with Crippen molar-refractivity contribution < 1.29 is 41.8 Å². The maximum atomic E-state index is 15.2. The van der Waals surface area contributed by atoms with Crippen LogP contribution in [0.25, 0.3) is 0 Å². The normalized spacial score (nSPS) is 26.7. The predicted octanol–water partition coefficient (Wildman–Crippen LogP) is 2.79. The minimum atomic E-state index is -4.48. The number of halogens is 2. The number of carbonyl (C=O) groups excluding carboxylic acids is 1. The Morgan fingerprint density at radius 2 is 1.88 bits per heavy atom. The summed E-state index contributed by atoms with van der Waals surface area (Å²) in [4.78, 5) is 28.3. The second-order valence-corrected chi connectivity index (χ2v) is 11.3. The fraction of sp³-hybridized carbons (Fsp3) is 0.346. The average Bonchev–Trinajstić information content (AvgIpc) is 3.58. The van der Waals surface area contributed by atoms with E-state index in [2.05, 4.69) is 10.1 Å². The second-order valence-electron chi connectivity index (χ2n) is 9.69. The summed E-state index contributed by atoms with van der Waals surface area (Å²) in [6, 6.07) is 16.6. The SMILES string of the molecule is C[C@H](N[P@@](=O)(Oc1ccccc1)OC1CC12O[C@@H](n1ccc(N)nc1=O)C(F)(F)[C@@H]2O)C(=O)OCc1ccccc1. The number of hydrogen-bond acceptors (Lipinski definition) is 10. The lowest BCUT2D eigenvalue weighted by Crippen LogP contribution is -2.42. The van der Waals surface area contributed by atoms with E-state index in [1.165, 1.54) is 19.1 Å². The van der Waals surface area contributed by atoms with E-state index in [9.17, 15) is 19.3 Å². The molecule has 1 aliphatic heterocycles. The summed E-state index contributed by atoms with van der Waals surface area (Å²) < 4.78 is 66.8. The molecule has 2 fully saturated rings. The number of nitrogen functional groups attached to an aromatic ring is 1. The van der Waals surface area contributed by atoms with E-state index in [1.54, 1.807) is 42.5 Å². The van der Waals surface area contributed by atoms with Crippen LogP contribution >= 0.6 is 7.75 Å². The molecule has 1 aromatic heterocycles. The highest BCUT2D eigenvalue weighted by molar-refractivity contribution is 7.52. The van der Waals surface area contributed by atoms with Gasteiger partial charge in [-0.15, -0.1) is 0 Å². The number of aliphatic hydroxyl groups excluding tert-OH is 1. The minimum absolute atomic E-state index is 0.0437. The van der Waals surface area contributed by atoms with Crippen LogP contribution in [-0.4, -0.2) is 50.4 Å². The molecule has 2 aromatic carbocycles. The lowest BCUT2D eigenvalue weighted by molar-refractivity contribution is -0.146. The molecular formula is C26H27F2N4O8P. The number of nitrogens with one attached hydrogen (secondary N) is 1. The Labute approximate surface area is 232 Å². The Kier molecular flexibility index (Phi) is 7.70. The van der Waals surface area contributed by atoms with Gasteiger partial charge in [-0.05, 0) is 30.7 Å². The molecule has 41 heavy (non-hydrogen) atoms. The van der Waals surface area contributed by atoms with Gasteiger partial charge in [0.2, 0.25) is 6.23 Å². The maximum Gasteiger partial charge on any atom is 0.459 e. The van der Waals surface area contributed by atoms with Crippen LogP contribution in [0, 0.1) is 0 Å². The molecule has 1 saturated heterocycles. The van der Waals surface area contributed by atoms with E-state index in [1.807, 2.05) is 6.07 Å². The van der Waals surface area contributed by atoms with Crippen LogP contribution in [0.15, 0.2) is 77.7 Å². The number of rotatable bonds is 10. The largest absolute Gasteiger partial charge is 0.460 e. The Balaban J connectivity index is 1.33. The molecule has 0 radical (unpaired) electrons. The van der Waals surface area contributed by atoms with Gasteiger partial charge in [-0.2, -0.15) is 18.9 Å². The molecule has 15 heteroatoms. The molecule has 12 nitrogen and oxygen atoms in total. The molecule has 0 amide bonds. The van der Waals surface area contributed by atoms with E-state index in [4.69, 9.17) is 24.3 Å². The first kappa shape index (κ1) is 28.8. The zero-order chi connectivity index (χ0) is 29.4. The van der Waals surface area contributed by atoms with Gasteiger partial charge in [0, 0.05) is 12.6 Å². The molecule has 1 aliphatic carbocycles. The molecule has 5 rings (SSSR count). The third-order valence-corrected chi connectivity index (χ3v) is 8.33. The van der Waals surface area contributed by atoms with Gasteiger partial charge in [-0.1, -0.05) is 48.5 Å². The van der Waals surface area contributed by atoms with Crippen molar-refractivity contribution >= 4 is 19.5 Å². The summed E-state index contributed by atoms with van der Waals surface area (Å²) in [5.74, 6) is -4.82. The van der Waals surface area contributed by atoms with Crippen molar-refractivity contribution in [2.45, 2.75) is 56.0 Å². The number of ether oxygens (including phenoxy) is 2. The molecule has 218 valence electrons. The molecule has 4 N–H and O–H groups in total. The van der Waals surface area contributed by atoms with E-state index < -0.39 is 55.4 Å². The molecular weight excluding hydrogens is 565 g/mol. The topological polar surface area (TPSA) is 164 Å². The predicted molar refractivity (Wildman–Crippen MR) is 140 cm³/mol. The van der Waals surface area contributed by atoms with Gasteiger partial charge < -0.3 is 24.8 Å². The fourth-order valence-corrected chi connectivity index (χ4v) is 6.16. The Morgan fingerprint density at radius 1 is 1.22 bits per heavy atom. The number of nitrogens with zero attached hydrogens (tertiary/aromatic N) is 2. The molecule has 6 atom stereocenters. The molecule has 3 aromatic rings. The van der Waals surface area contributed by atoms with Crippen molar-refractivity contribution in [2.24, 2.45) is 0 Å². The number of benzene rings is 2. The third kappa shape index (κ3) is 5.88. The molecule has 2 unspecified atom stereocenters. The number of esters is 1. The summed E-state index contributed by atoms with van der Waals surface area (Å²) >= 11 is 0. The summed E-state index contributed by atoms with van der Waals surface area (Å²) in [5, 5.41) is 13.1. The zero-order valence-corrected chi connectivity index (χ0v) is 22.5. The van der Waals surface area contributed by atoms with Crippen molar-refractivity contribution in [1.29, 1.82) is 0 Å². The summed E-state index contributed by atoms with van der Waals surface area (Å²) in [5.41, 5.74) is 3.04. The molecule has 2 heterocycles. The summed E-state index contributed by atoms with van der Waals surface area (Å²) in [6.07, 6.45) is -5.37. The van der Waals surface area contributed by atoms with Crippen molar-refractivity contribution in [1.82, 2.24) is 14.6 Å². The van der Waals surface area contributed by atoms with Gasteiger partial charge in [0.25, 0.3) is 0 Å². The Bertz CT molecular complexity index is 1510. The molecule has 1 spiro atoms. The maximum absolute atomic E-state index is 15.2. The fourth-order valence-electron chi connectivity index (χ4n) is 4.44. The lowest BCUT2D eigenvalue weighted by atomic mass is 10.1. The van der Waals surface area contributed by atoms with Gasteiger partial charge in [0.15, 0.2) is 6.10 Å². The number of hydrogen-bond donors (Lipinski definition) is 3. The van der Waals surface area contributed by atoms with Gasteiger partial charge in [-0.3, -0.25) is 13.9 Å². The monoisotopic (exact) mass is 592 g/mol. The number of aliphatic hydroxyl groups is 1. The van der Waals surface area contributed by atoms with Gasteiger partial charge in [0.05, 0.1) is 0 Å². The van der Waals surface area contributed by atoms with Crippen LogP contribution in [0.2, 0.25) is 0 Å². The Morgan fingerprint density at radius 3 is 2.54 bits per heavy atom. The van der Waals surface area contributed by atoms with E-state index in [0.717, 1.165) is 17.8 Å². The first-order valence-electron chi connectivity index (χ1n) is 12.5. The quantitative estimate of drug-likeness (QED) is 0.234. The van der Waals surface area contributed by atoms with E-state index in [0.29, 0.717) is 4.57 Å². The highest BCUT2D eigenvalue weighted by Crippen LogP contribution is 2.63. The summed E-state index contributed by atoms with van der Waals surface area (Å²) in [6.45, 7) is 1.32. The first-order valence-corrected chi connectivity index (χ1v) is 14.1. The molecule has 2 aliphatic rings. The second kappa shape index (κ2) is 11.0. The van der Waals surface area contributed by atoms with Crippen LogP contribution in [0.1, 0.15) is 25.1 Å². The van der Waals surface area contributed by atoms with Crippen LogP contribution in [-0.2, 0) is 30.0 Å². The highest BCUT2D eigenvalue weighted by Gasteiger charge is 2.78. The first-order chi connectivity index (χ1) is 19.4. The number of alkyl halides is 2. The third-order valence-electron chi connectivity index (χ3n) is 6.65. The van der Waals surface area contributed by atoms with Crippen LogP contribution in [0.4, 0.5) is 14.6 Å².